The number of nitrogens with one attached hydrogen (secondary N) is 1. The summed E-state index contributed by atoms with van der Waals surface area (Å²) < 4.78 is 5.18. The molecule has 0 saturated heterocycles. The van der Waals surface area contributed by atoms with Gasteiger partial charge in [-0.05, 0) is 0 Å². The lowest BCUT2D eigenvalue weighted by atomic mass is 10.5. The first-order valence-corrected chi connectivity index (χ1v) is 5.09. The molecule has 1 aromatic rings. The minimum absolute atomic E-state index is 0.435. The van der Waals surface area contributed by atoms with Gasteiger partial charge in [-0.15, -0.1) is 0 Å². The number of nitrogen functional groups attached to an aromatic ring is 1. The standard InChI is InChI=1S/C8H14N4OS/c1-5(2)14-8-6(13-3)7(12-9)10-4-11-8/h4-5H,9H2,1-3H3,(H,10,11,12). The van der Waals surface area contributed by atoms with Crippen LogP contribution in [0.3, 0.4) is 0 Å². The van der Waals surface area contributed by atoms with E-state index in [2.05, 4.69) is 29.2 Å². The number of hydrogen-bond acceptors (Lipinski definition) is 6. The Labute approximate surface area is 87.4 Å². The summed E-state index contributed by atoms with van der Waals surface area (Å²) in [4.78, 5) is 8.08. The Hall–Kier alpha value is -1.01. The van der Waals surface area contributed by atoms with Crippen molar-refractivity contribution in [3.8, 4) is 5.75 Å². The maximum absolute atomic E-state index is 5.30. The van der Waals surface area contributed by atoms with E-state index < -0.39 is 0 Å². The molecule has 6 heteroatoms. The number of rotatable bonds is 4. The lowest BCUT2D eigenvalue weighted by molar-refractivity contribution is 0.400. The minimum atomic E-state index is 0.435. The van der Waals surface area contributed by atoms with Crippen molar-refractivity contribution in [2.24, 2.45) is 5.84 Å². The number of methoxy groups -OCH3 is 1. The smallest absolute Gasteiger partial charge is 0.195 e. The summed E-state index contributed by atoms with van der Waals surface area (Å²) in [5.41, 5.74) is 2.47. The van der Waals surface area contributed by atoms with E-state index >= 15 is 0 Å². The van der Waals surface area contributed by atoms with Gasteiger partial charge in [0, 0.05) is 5.25 Å². The van der Waals surface area contributed by atoms with Crippen molar-refractivity contribution in [1.29, 1.82) is 0 Å². The number of aromatic nitrogens is 2. The highest BCUT2D eigenvalue weighted by Crippen LogP contribution is 2.33. The summed E-state index contributed by atoms with van der Waals surface area (Å²) in [6.07, 6.45) is 1.46. The number of nitrogens with two attached hydrogens (primary N) is 1. The second-order valence-electron chi connectivity index (χ2n) is 2.87. The van der Waals surface area contributed by atoms with Crippen molar-refractivity contribution in [3.05, 3.63) is 6.33 Å². The van der Waals surface area contributed by atoms with Crippen molar-refractivity contribution in [2.75, 3.05) is 12.5 Å². The van der Waals surface area contributed by atoms with E-state index in [1.165, 1.54) is 6.33 Å². The minimum Gasteiger partial charge on any atom is -0.490 e. The van der Waals surface area contributed by atoms with Crippen LogP contribution in [0.2, 0.25) is 0 Å². The maximum atomic E-state index is 5.30. The molecule has 0 atom stereocenters. The highest BCUT2D eigenvalue weighted by Gasteiger charge is 2.12. The SMILES string of the molecule is COc1c(NN)ncnc1SC(C)C. The summed E-state index contributed by atoms with van der Waals surface area (Å²) in [5.74, 6) is 6.39. The van der Waals surface area contributed by atoms with Crippen molar-refractivity contribution in [1.82, 2.24) is 9.97 Å². The van der Waals surface area contributed by atoms with Crippen LogP contribution in [-0.4, -0.2) is 22.3 Å². The van der Waals surface area contributed by atoms with Crippen molar-refractivity contribution >= 4 is 17.6 Å². The summed E-state index contributed by atoms with van der Waals surface area (Å²) in [7, 11) is 1.57. The molecule has 14 heavy (non-hydrogen) atoms. The molecule has 0 spiro atoms. The molecule has 1 aromatic heterocycles. The van der Waals surface area contributed by atoms with Gasteiger partial charge >= 0.3 is 0 Å². The molecule has 0 fully saturated rings. The predicted molar refractivity (Wildman–Crippen MR) is 57.4 cm³/mol. The molecule has 5 nitrogen and oxygen atoms in total. The first-order valence-electron chi connectivity index (χ1n) is 4.21. The fraction of sp³-hybridized carbons (Fsp3) is 0.500. The van der Waals surface area contributed by atoms with Gasteiger partial charge < -0.3 is 10.2 Å². The van der Waals surface area contributed by atoms with Crippen molar-refractivity contribution < 1.29 is 4.74 Å². The van der Waals surface area contributed by atoms with Gasteiger partial charge in [-0.1, -0.05) is 25.6 Å². The van der Waals surface area contributed by atoms with Crippen LogP contribution in [0.5, 0.6) is 5.75 Å². The lowest BCUT2D eigenvalue weighted by Gasteiger charge is -2.11. The van der Waals surface area contributed by atoms with E-state index in [9.17, 15) is 0 Å². The second-order valence-corrected chi connectivity index (χ2v) is 4.44. The summed E-state index contributed by atoms with van der Waals surface area (Å²) in [6, 6.07) is 0. The first kappa shape index (κ1) is 11.1. The molecule has 0 unspecified atom stereocenters. The average molecular weight is 214 g/mol. The number of hydrazine groups is 1. The number of thioether (sulfide) groups is 1. The van der Waals surface area contributed by atoms with Crippen LogP contribution in [0.15, 0.2) is 11.4 Å². The number of anilines is 1. The normalized spacial score (nSPS) is 10.4. The molecule has 0 aliphatic heterocycles. The third-order valence-corrected chi connectivity index (χ3v) is 2.44. The second kappa shape index (κ2) is 5.02. The van der Waals surface area contributed by atoms with Crippen molar-refractivity contribution in [3.63, 3.8) is 0 Å². The zero-order valence-corrected chi connectivity index (χ0v) is 9.26. The maximum Gasteiger partial charge on any atom is 0.195 e. The molecule has 78 valence electrons. The van der Waals surface area contributed by atoms with Crippen LogP contribution < -0.4 is 16.0 Å². The van der Waals surface area contributed by atoms with Crippen LogP contribution >= 0.6 is 11.8 Å². The highest BCUT2D eigenvalue weighted by molar-refractivity contribution is 7.99. The first-order chi connectivity index (χ1) is 6.69. The molecule has 1 rings (SSSR count). The largest absolute Gasteiger partial charge is 0.490 e. The van der Waals surface area contributed by atoms with E-state index in [-0.39, 0.29) is 0 Å². The highest BCUT2D eigenvalue weighted by atomic mass is 32.2. The monoisotopic (exact) mass is 214 g/mol. The Kier molecular flexibility index (Phi) is 3.97. The molecule has 0 aliphatic rings. The van der Waals surface area contributed by atoms with Gasteiger partial charge in [-0.2, -0.15) is 0 Å². The molecule has 0 aromatic carbocycles. The molecule has 0 radical (unpaired) electrons. The fourth-order valence-corrected chi connectivity index (χ4v) is 1.79. The van der Waals surface area contributed by atoms with E-state index in [4.69, 9.17) is 10.6 Å². The van der Waals surface area contributed by atoms with Crippen molar-refractivity contribution in [2.45, 2.75) is 24.1 Å². The van der Waals surface area contributed by atoms with Gasteiger partial charge in [0.2, 0.25) is 0 Å². The summed E-state index contributed by atoms with van der Waals surface area (Å²) >= 11 is 1.61. The Morgan fingerprint density at radius 1 is 1.50 bits per heavy atom. The molecule has 0 amide bonds. The summed E-state index contributed by atoms with van der Waals surface area (Å²) in [6.45, 7) is 4.17. The number of hydrogen-bond donors (Lipinski definition) is 2. The Balaban J connectivity index is 3.02. The third kappa shape index (κ3) is 2.49. The average Bonchev–Trinajstić information content (AvgIpc) is 2.16. The molecule has 3 N–H and O–H groups in total. The number of nitrogens with zero attached hydrogens (tertiary/aromatic N) is 2. The van der Waals surface area contributed by atoms with Crippen LogP contribution in [0.4, 0.5) is 5.82 Å². The fourth-order valence-electron chi connectivity index (χ4n) is 0.952. The molecule has 0 bridgehead atoms. The Morgan fingerprint density at radius 2 is 2.21 bits per heavy atom. The van der Waals surface area contributed by atoms with Gasteiger partial charge in [0.15, 0.2) is 11.6 Å². The Bertz CT molecular complexity index is 305. The van der Waals surface area contributed by atoms with Gasteiger partial charge in [0.25, 0.3) is 0 Å². The Morgan fingerprint density at radius 3 is 2.71 bits per heavy atom. The zero-order valence-electron chi connectivity index (χ0n) is 8.44. The van der Waals surface area contributed by atoms with Crippen LogP contribution in [0.1, 0.15) is 13.8 Å². The van der Waals surface area contributed by atoms with E-state index in [0.717, 1.165) is 5.03 Å². The van der Waals surface area contributed by atoms with E-state index in [1.54, 1.807) is 18.9 Å². The van der Waals surface area contributed by atoms with Crippen LogP contribution in [-0.2, 0) is 0 Å². The van der Waals surface area contributed by atoms with Gasteiger partial charge in [-0.3, -0.25) is 0 Å². The van der Waals surface area contributed by atoms with E-state index in [1.807, 2.05) is 0 Å². The van der Waals surface area contributed by atoms with Crippen LogP contribution in [0.25, 0.3) is 0 Å². The topological polar surface area (TPSA) is 73.1 Å². The van der Waals surface area contributed by atoms with Crippen LogP contribution in [0, 0.1) is 0 Å². The van der Waals surface area contributed by atoms with Gasteiger partial charge in [-0.25, -0.2) is 15.8 Å². The molecule has 0 saturated carbocycles. The zero-order chi connectivity index (χ0) is 10.6. The lowest BCUT2D eigenvalue weighted by Crippen LogP contribution is -2.11. The van der Waals surface area contributed by atoms with E-state index in [0.29, 0.717) is 16.8 Å². The molecular weight excluding hydrogens is 200 g/mol. The molecule has 0 aliphatic carbocycles. The van der Waals surface area contributed by atoms with Gasteiger partial charge in [0.1, 0.15) is 11.4 Å². The quantitative estimate of drug-likeness (QED) is 0.340. The third-order valence-electron chi connectivity index (χ3n) is 1.46. The predicted octanol–water partition coefficient (Wildman–Crippen LogP) is 1.27. The van der Waals surface area contributed by atoms with Gasteiger partial charge in [0.05, 0.1) is 7.11 Å². The number of ether oxygens (including phenoxy) is 1. The molecule has 1 heterocycles. The summed E-state index contributed by atoms with van der Waals surface area (Å²) in [5, 5.41) is 1.23. The molecular formula is C8H14N4OS.